The van der Waals surface area contributed by atoms with Gasteiger partial charge in [-0.05, 0) is 19.8 Å². The maximum Gasteiger partial charge on any atom is 0.324 e. The molecule has 1 heterocycles. The molecule has 0 bridgehead atoms. The van der Waals surface area contributed by atoms with Crippen molar-refractivity contribution in [3.8, 4) is 0 Å². The predicted molar refractivity (Wildman–Crippen MR) is 72.8 cm³/mol. The van der Waals surface area contributed by atoms with Gasteiger partial charge in [0, 0.05) is 18.6 Å². The van der Waals surface area contributed by atoms with Crippen molar-refractivity contribution in [2.75, 3.05) is 32.9 Å². The summed E-state index contributed by atoms with van der Waals surface area (Å²) in [4.78, 5) is 14.5. The zero-order valence-electron chi connectivity index (χ0n) is 11.9. The largest absolute Gasteiger partial charge is 0.465 e. The molecule has 110 valence electrons. The summed E-state index contributed by atoms with van der Waals surface area (Å²) in [7, 11) is 0. The molecule has 2 fully saturated rings. The van der Waals surface area contributed by atoms with Crippen molar-refractivity contribution in [2.45, 2.75) is 50.6 Å². The van der Waals surface area contributed by atoms with Crippen LogP contribution in [0.4, 0.5) is 0 Å². The molecule has 0 amide bonds. The SMILES string of the molecule is CCOC(=O)C(N)C1(N2CCOCC2)CCCCC1. The molecule has 19 heavy (non-hydrogen) atoms. The van der Waals surface area contributed by atoms with E-state index in [1.165, 1.54) is 6.42 Å². The van der Waals surface area contributed by atoms with Crippen LogP contribution in [0.3, 0.4) is 0 Å². The Morgan fingerprint density at radius 3 is 2.53 bits per heavy atom. The van der Waals surface area contributed by atoms with Gasteiger partial charge in [0.25, 0.3) is 0 Å². The van der Waals surface area contributed by atoms with Gasteiger partial charge in [-0.25, -0.2) is 0 Å². The Morgan fingerprint density at radius 1 is 1.32 bits per heavy atom. The maximum absolute atomic E-state index is 12.1. The summed E-state index contributed by atoms with van der Waals surface area (Å²) in [6.07, 6.45) is 5.51. The Morgan fingerprint density at radius 2 is 1.95 bits per heavy atom. The quantitative estimate of drug-likeness (QED) is 0.769. The van der Waals surface area contributed by atoms with Gasteiger partial charge in [-0.15, -0.1) is 0 Å². The number of hydrogen-bond donors (Lipinski definition) is 1. The van der Waals surface area contributed by atoms with Crippen LogP contribution in [-0.4, -0.2) is 55.4 Å². The summed E-state index contributed by atoms with van der Waals surface area (Å²) in [5.74, 6) is -0.254. The summed E-state index contributed by atoms with van der Waals surface area (Å²) < 4.78 is 10.6. The van der Waals surface area contributed by atoms with E-state index in [1.807, 2.05) is 6.92 Å². The van der Waals surface area contributed by atoms with Crippen molar-refractivity contribution in [1.82, 2.24) is 4.90 Å². The lowest BCUT2D eigenvalue weighted by atomic mass is 9.75. The first-order valence-electron chi connectivity index (χ1n) is 7.46. The molecule has 0 aromatic rings. The second-order valence-corrected chi connectivity index (χ2v) is 5.49. The van der Waals surface area contributed by atoms with Gasteiger partial charge in [0.2, 0.25) is 0 Å². The first-order chi connectivity index (χ1) is 9.20. The Bertz CT molecular complexity index is 297. The van der Waals surface area contributed by atoms with Crippen molar-refractivity contribution in [2.24, 2.45) is 5.73 Å². The van der Waals surface area contributed by atoms with E-state index < -0.39 is 6.04 Å². The number of carbonyl (C=O) groups is 1. The van der Waals surface area contributed by atoms with Crippen LogP contribution in [0.15, 0.2) is 0 Å². The number of morpholine rings is 1. The molecule has 1 unspecified atom stereocenters. The second-order valence-electron chi connectivity index (χ2n) is 5.49. The van der Waals surface area contributed by atoms with Gasteiger partial charge in [0.15, 0.2) is 0 Å². The van der Waals surface area contributed by atoms with Gasteiger partial charge in [0.1, 0.15) is 6.04 Å². The number of rotatable bonds is 4. The van der Waals surface area contributed by atoms with Crippen LogP contribution in [0.1, 0.15) is 39.0 Å². The van der Waals surface area contributed by atoms with Crippen molar-refractivity contribution >= 4 is 5.97 Å². The Hall–Kier alpha value is -0.650. The lowest BCUT2D eigenvalue weighted by Gasteiger charge is -2.50. The van der Waals surface area contributed by atoms with Gasteiger partial charge < -0.3 is 15.2 Å². The number of nitrogens with zero attached hydrogens (tertiary/aromatic N) is 1. The lowest BCUT2D eigenvalue weighted by Crippen LogP contribution is -2.66. The molecular formula is C14H26N2O3. The molecule has 5 heteroatoms. The van der Waals surface area contributed by atoms with E-state index in [2.05, 4.69) is 4.90 Å². The predicted octanol–water partition coefficient (Wildman–Crippen LogP) is 0.912. The molecule has 1 aliphatic carbocycles. The van der Waals surface area contributed by atoms with E-state index in [1.54, 1.807) is 0 Å². The summed E-state index contributed by atoms with van der Waals surface area (Å²) >= 11 is 0. The molecule has 2 aliphatic rings. The molecule has 0 spiro atoms. The molecule has 0 radical (unpaired) electrons. The zero-order chi connectivity index (χ0) is 13.7. The van der Waals surface area contributed by atoms with Crippen LogP contribution in [0.2, 0.25) is 0 Å². The minimum absolute atomic E-state index is 0.214. The summed E-state index contributed by atoms with van der Waals surface area (Å²) in [6.45, 7) is 5.42. The monoisotopic (exact) mass is 270 g/mol. The van der Waals surface area contributed by atoms with Gasteiger partial charge in [-0.3, -0.25) is 9.69 Å². The van der Waals surface area contributed by atoms with Crippen molar-refractivity contribution in [1.29, 1.82) is 0 Å². The highest BCUT2D eigenvalue weighted by Crippen LogP contribution is 2.36. The fraction of sp³-hybridized carbons (Fsp3) is 0.929. The van der Waals surface area contributed by atoms with Crippen LogP contribution in [0.25, 0.3) is 0 Å². The molecule has 1 atom stereocenters. The number of hydrogen-bond acceptors (Lipinski definition) is 5. The molecule has 0 aromatic carbocycles. The highest BCUT2D eigenvalue weighted by atomic mass is 16.5. The number of nitrogens with two attached hydrogens (primary N) is 1. The molecule has 0 aromatic heterocycles. The fourth-order valence-corrected chi connectivity index (χ4v) is 3.45. The van der Waals surface area contributed by atoms with E-state index in [0.29, 0.717) is 6.61 Å². The van der Waals surface area contributed by atoms with E-state index >= 15 is 0 Å². The highest BCUT2D eigenvalue weighted by Gasteiger charge is 2.47. The number of ether oxygens (including phenoxy) is 2. The van der Waals surface area contributed by atoms with Crippen molar-refractivity contribution in [3.05, 3.63) is 0 Å². The van der Waals surface area contributed by atoms with Crippen molar-refractivity contribution < 1.29 is 14.3 Å². The third-order valence-electron chi connectivity index (χ3n) is 4.48. The average Bonchev–Trinajstić information content (AvgIpc) is 2.48. The normalized spacial score (nSPS) is 25.8. The molecule has 1 aliphatic heterocycles. The van der Waals surface area contributed by atoms with Crippen LogP contribution >= 0.6 is 0 Å². The third-order valence-corrected chi connectivity index (χ3v) is 4.48. The van der Waals surface area contributed by atoms with Crippen LogP contribution in [0.5, 0.6) is 0 Å². The molecule has 1 saturated heterocycles. The van der Waals surface area contributed by atoms with Crippen LogP contribution in [0, 0.1) is 0 Å². The second kappa shape index (κ2) is 6.68. The van der Waals surface area contributed by atoms with E-state index in [4.69, 9.17) is 15.2 Å². The highest BCUT2D eigenvalue weighted by molar-refractivity contribution is 5.77. The van der Waals surface area contributed by atoms with E-state index in [-0.39, 0.29) is 11.5 Å². The summed E-state index contributed by atoms with van der Waals surface area (Å²) in [5, 5.41) is 0. The minimum Gasteiger partial charge on any atom is -0.465 e. The van der Waals surface area contributed by atoms with Gasteiger partial charge in [-0.1, -0.05) is 19.3 Å². The summed E-state index contributed by atoms with van der Waals surface area (Å²) in [6, 6.07) is -0.536. The molecule has 1 saturated carbocycles. The van der Waals surface area contributed by atoms with E-state index in [0.717, 1.165) is 52.0 Å². The number of esters is 1. The average molecular weight is 270 g/mol. The van der Waals surface area contributed by atoms with Crippen molar-refractivity contribution in [3.63, 3.8) is 0 Å². The first kappa shape index (κ1) is 14.8. The van der Waals surface area contributed by atoms with Crippen LogP contribution in [-0.2, 0) is 14.3 Å². The molecule has 2 N–H and O–H groups in total. The Kier molecular flexibility index (Phi) is 5.19. The molecular weight excluding hydrogens is 244 g/mol. The third kappa shape index (κ3) is 3.09. The molecule has 5 nitrogen and oxygen atoms in total. The Balaban J connectivity index is 2.15. The fourth-order valence-electron chi connectivity index (χ4n) is 3.45. The minimum atomic E-state index is -0.536. The van der Waals surface area contributed by atoms with Crippen LogP contribution < -0.4 is 5.73 Å². The topological polar surface area (TPSA) is 64.8 Å². The van der Waals surface area contributed by atoms with E-state index in [9.17, 15) is 4.79 Å². The zero-order valence-corrected chi connectivity index (χ0v) is 11.9. The first-order valence-corrected chi connectivity index (χ1v) is 7.46. The van der Waals surface area contributed by atoms with Gasteiger partial charge in [-0.2, -0.15) is 0 Å². The molecule has 2 rings (SSSR count). The standard InChI is InChI=1S/C14H26N2O3/c1-2-19-13(17)12(15)14(6-4-3-5-7-14)16-8-10-18-11-9-16/h12H,2-11,15H2,1H3. The van der Waals surface area contributed by atoms with Gasteiger partial charge >= 0.3 is 5.97 Å². The lowest BCUT2D eigenvalue weighted by molar-refractivity contribution is -0.152. The smallest absolute Gasteiger partial charge is 0.324 e. The number of carbonyl (C=O) groups excluding carboxylic acids is 1. The summed E-state index contributed by atoms with van der Waals surface area (Å²) in [5.41, 5.74) is 6.07. The Labute approximate surface area is 115 Å². The maximum atomic E-state index is 12.1. The van der Waals surface area contributed by atoms with Gasteiger partial charge in [0.05, 0.1) is 19.8 Å².